The van der Waals surface area contributed by atoms with Crippen molar-refractivity contribution >= 4 is 56.9 Å². The quantitative estimate of drug-likeness (QED) is 0.312. The third kappa shape index (κ3) is 7.55. The number of hydrogen-bond donors (Lipinski definition) is 2. The first kappa shape index (κ1) is 29.4. The van der Waals surface area contributed by atoms with Crippen molar-refractivity contribution in [2.24, 2.45) is 0 Å². The van der Waals surface area contributed by atoms with Crippen LogP contribution in [0.1, 0.15) is 49.2 Å². The zero-order chi connectivity index (χ0) is 29.0. The van der Waals surface area contributed by atoms with Crippen LogP contribution in [0.25, 0.3) is 0 Å². The summed E-state index contributed by atoms with van der Waals surface area (Å²) in [5, 5.41) is 6.38. The molecule has 0 bridgehead atoms. The molecule has 0 radical (unpaired) electrons. The minimum atomic E-state index is -0.635. The summed E-state index contributed by atoms with van der Waals surface area (Å²) in [7, 11) is 1.68. The van der Waals surface area contributed by atoms with Crippen LogP contribution in [0, 0.1) is 0 Å². The highest BCUT2D eigenvalue weighted by atomic mass is 79.9. The van der Waals surface area contributed by atoms with E-state index in [1.165, 1.54) is 4.90 Å². The molecule has 4 rings (SSSR count). The maximum absolute atomic E-state index is 13.0. The van der Waals surface area contributed by atoms with Crippen LogP contribution in [0.15, 0.2) is 77.3 Å². The molecule has 8 nitrogen and oxygen atoms in total. The number of urea groups is 1. The number of anilines is 2. The van der Waals surface area contributed by atoms with Crippen LogP contribution in [0.5, 0.6) is 0 Å². The molecule has 3 aromatic rings. The average Bonchev–Trinajstić information content (AvgIpc) is 3.32. The Morgan fingerprint density at radius 1 is 0.975 bits per heavy atom. The summed E-state index contributed by atoms with van der Waals surface area (Å²) in [6, 6.07) is 20.6. The van der Waals surface area contributed by atoms with Gasteiger partial charge in [0.1, 0.15) is 5.60 Å². The topological polar surface area (TPSA) is 91.0 Å². The number of nitrogens with one attached hydrogen (secondary N) is 2. The van der Waals surface area contributed by atoms with Crippen molar-refractivity contribution in [2.45, 2.75) is 44.9 Å². The lowest BCUT2D eigenvalue weighted by Crippen LogP contribution is -2.42. The predicted octanol–water partition coefficient (Wildman–Crippen LogP) is 7.25. The van der Waals surface area contributed by atoms with Gasteiger partial charge >= 0.3 is 12.1 Å². The van der Waals surface area contributed by atoms with E-state index in [1.807, 2.05) is 45.0 Å². The Hall–Kier alpha value is -3.56. The summed E-state index contributed by atoms with van der Waals surface area (Å²) in [6.45, 7) is 5.81. The van der Waals surface area contributed by atoms with Gasteiger partial charge in [-0.05, 0) is 93.4 Å². The van der Waals surface area contributed by atoms with Crippen molar-refractivity contribution in [2.75, 3.05) is 23.8 Å². The molecule has 10 heteroatoms. The standard InChI is InChI=1S/C30H32BrClN4O4/c1-30(2,3)40-29(39)36-18-24(17-26(36)19-5-9-21(31)10-6-19)34-28(38)33-23-13-15-25(16-14-23)35(4)27(37)20-7-11-22(32)12-8-20/h5-16,24,26H,17-18H2,1-4H3,(H2,33,34,38). The van der Waals surface area contributed by atoms with Crippen LogP contribution in [-0.4, -0.2) is 48.2 Å². The molecule has 2 unspecified atom stereocenters. The van der Waals surface area contributed by atoms with Crippen LogP contribution in [0.3, 0.4) is 0 Å². The lowest BCUT2D eigenvalue weighted by atomic mass is 10.0. The van der Waals surface area contributed by atoms with E-state index in [9.17, 15) is 14.4 Å². The molecule has 2 atom stereocenters. The van der Waals surface area contributed by atoms with Gasteiger partial charge in [0.2, 0.25) is 0 Å². The maximum atomic E-state index is 13.0. The molecule has 0 aromatic heterocycles. The molecule has 1 heterocycles. The molecular weight excluding hydrogens is 596 g/mol. The zero-order valence-corrected chi connectivity index (χ0v) is 25.1. The number of halogens is 2. The second-order valence-electron chi connectivity index (χ2n) is 10.6. The van der Waals surface area contributed by atoms with Crippen LogP contribution in [0.2, 0.25) is 5.02 Å². The van der Waals surface area contributed by atoms with Crippen molar-refractivity contribution in [3.05, 3.63) is 93.4 Å². The van der Waals surface area contributed by atoms with E-state index in [-0.39, 0.29) is 24.0 Å². The number of carbonyl (C=O) groups excluding carboxylic acids is 3. The maximum Gasteiger partial charge on any atom is 0.410 e. The van der Waals surface area contributed by atoms with E-state index in [4.69, 9.17) is 16.3 Å². The molecule has 0 spiro atoms. The van der Waals surface area contributed by atoms with E-state index < -0.39 is 11.7 Å². The minimum Gasteiger partial charge on any atom is -0.444 e. The zero-order valence-electron chi connectivity index (χ0n) is 22.8. The summed E-state index contributed by atoms with van der Waals surface area (Å²) in [5.74, 6) is -0.175. The third-order valence-electron chi connectivity index (χ3n) is 6.43. The van der Waals surface area contributed by atoms with Crippen LogP contribution >= 0.6 is 27.5 Å². The number of ether oxygens (including phenoxy) is 1. The average molecular weight is 628 g/mol. The molecule has 0 saturated carbocycles. The number of benzene rings is 3. The number of carbonyl (C=O) groups is 3. The summed E-state index contributed by atoms with van der Waals surface area (Å²) in [6.07, 6.45) is 0.128. The summed E-state index contributed by atoms with van der Waals surface area (Å²) in [4.78, 5) is 41.8. The SMILES string of the molecule is CN(C(=O)c1ccc(Cl)cc1)c1ccc(NC(=O)NC2CC(c3ccc(Br)cc3)N(C(=O)OC(C)(C)C)C2)cc1. The highest BCUT2D eigenvalue weighted by Crippen LogP contribution is 2.34. The highest BCUT2D eigenvalue weighted by molar-refractivity contribution is 9.10. The molecule has 1 aliphatic heterocycles. The van der Waals surface area contributed by atoms with Gasteiger partial charge in [-0.15, -0.1) is 0 Å². The van der Waals surface area contributed by atoms with Crippen molar-refractivity contribution in [3.63, 3.8) is 0 Å². The Kier molecular flexibility index (Phi) is 9.05. The Morgan fingerprint density at radius 3 is 2.20 bits per heavy atom. The van der Waals surface area contributed by atoms with Crippen LogP contribution in [-0.2, 0) is 4.74 Å². The predicted molar refractivity (Wildman–Crippen MR) is 161 cm³/mol. The van der Waals surface area contributed by atoms with Crippen molar-refractivity contribution < 1.29 is 19.1 Å². The normalized spacial score (nSPS) is 16.8. The number of likely N-dealkylation sites (tertiary alicyclic amines) is 1. The summed E-state index contributed by atoms with van der Waals surface area (Å²) < 4.78 is 6.59. The van der Waals surface area contributed by atoms with Crippen LogP contribution in [0.4, 0.5) is 21.0 Å². The molecule has 4 amide bonds. The number of hydrogen-bond acceptors (Lipinski definition) is 4. The molecule has 2 N–H and O–H groups in total. The summed E-state index contributed by atoms with van der Waals surface area (Å²) >= 11 is 9.37. The van der Waals surface area contributed by atoms with Gasteiger partial charge in [0.05, 0.1) is 12.1 Å². The first-order chi connectivity index (χ1) is 18.9. The molecule has 210 valence electrons. The fourth-order valence-corrected chi connectivity index (χ4v) is 4.88. The third-order valence-corrected chi connectivity index (χ3v) is 7.21. The smallest absolute Gasteiger partial charge is 0.410 e. The summed E-state index contributed by atoms with van der Waals surface area (Å²) in [5.41, 5.74) is 2.09. The Labute approximate surface area is 247 Å². The Morgan fingerprint density at radius 2 is 1.60 bits per heavy atom. The molecular formula is C30H32BrClN4O4. The van der Waals surface area contributed by atoms with E-state index >= 15 is 0 Å². The van der Waals surface area contributed by atoms with Gasteiger partial charge in [-0.3, -0.25) is 9.69 Å². The fraction of sp³-hybridized carbons (Fsp3) is 0.300. The fourth-order valence-electron chi connectivity index (χ4n) is 4.49. The van der Waals surface area contributed by atoms with E-state index in [2.05, 4.69) is 26.6 Å². The molecule has 1 aliphatic rings. The molecule has 1 fully saturated rings. The van der Waals surface area contributed by atoms with Crippen molar-refractivity contribution in [3.8, 4) is 0 Å². The number of nitrogens with zero attached hydrogens (tertiary/aromatic N) is 2. The van der Waals surface area contributed by atoms with Gasteiger partial charge in [-0.25, -0.2) is 9.59 Å². The second kappa shape index (κ2) is 12.3. The van der Waals surface area contributed by atoms with Gasteiger partial charge in [0.25, 0.3) is 5.91 Å². The second-order valence-corrected chi connectivity index (χ2v) is 12.0. The molecule has 1 saturated heterocycles. The first-order valence-electron chi connectivity index (χ1n) is 12.9. The minimum absolute atomic E-state index is 0.175. The lowest BCUT2D eigenvalue weighted by Gasteiger charge is -2.28. The van der Waals surface area contributed by atoms with Crippen LogP contribution < -0.4 is 15.5 Å². The molecule has 3 aromatic carbocycles. The van der Waals surface area contributed by atoms with Gasteiger partial charge in [-0.1, -0.05) is 39.7 Å². The number of rotatable bonds is 5. The molecule has 0 aliphatic carbocycles. The van der Waals surface area contributed by atoms with Gasteiger partial charge in [-0.2, -0.15) is 0 Å². The number of amides is 4. The monoisotopic (exact) mass is 626 g/mol. The van der Waals surface area contributed by atoms with E-state index in [0.29, 0.717) is 34.9 Å². The molecule has 40 heavy (non-hydrogen) atoms. The largest absolute Gasteiger partial charge is 0.444 e. The van der Waals surface area contributed by atoms with E-state index in [0.717, 1.165) is 10.0 Å². The Bertz CT molecular complexity index is 1360. The first-order valence-corrected chi connectivity index (χ1v) is 14.0. The van der Waals surface area contributed by atoms with Gasteiger partial charge in [0.15, 0.2) is 0 Å². The highest BCUT2D eigenvalue weighted by Gasteiger charge is 2.39. The Balaban J connectivity index is 1.39. The van der Waals surface area contributed by atoms with Gasteiger partial charge < -0.3 is 20.3 Å². The van der Waals surface area contributed by atoms with E-state index in [1.54, 1.807) is 60.5 Å². The van der Waals surface area contributed by atoms with Gasteiger partial charge in [0, 0.05) is 40.0 Å². The van der Waals surface area contributed by atoms with Crippen molar-refractivity contribution in [1.82, 2.24) is 10.2 Å². The van der Waals surface area contributed by atoms with Crippen molar-refractivity contribution in [1.29, 1.82) is 0 Å². The lowest BCUT2D eigenvalue weighted by molar-refractivity contribution is 0.0221.